The molecule has 0 unspecified atom stereocenters. The van der Waals surface area contributed by atoms with Crippen molar-refractivity contribution in [3.63, 3.8) is 0 Å². The van der Waals surface area contributed by atoms with Crippen LogP contribution in [0.3, 0.4) is 0 Å². The van der Waals surface area contributed by atoms with Gasteiger partial charge < -0.3 is 15.2 Å². The van der Waals surface area contributed by atoms with E-state index in [0.29, 0.717) is 5.56 Å². The molecule has 0 saturated heterocycles. The quantitative estimate of drug-likeness (QED) is 0.894. The molecule has 0 bridgehead atoms. The first-order valence-corrected chi connectivity index (χ1v) is 7.40. The summed E-state index contributed by atoms with van der Waals surface area (Å²) in [6.07, 6.45) is -3.59. The van der Waals surface area contributed by atoms with Crippen molar-refractivity contribution >= 4 is 17.4 Å². The molecule has 2 heterocycles. The molecule has 0 fully saturated rings. The maximum absolute atomic E-state index is 13.0. The number of amides is 1. The minimum Gasteiger partial charge on any atom is -0.384 e. The third-order valence-corrected chi connectivity index (χ3v) is 4.16. The van der Waals surface area contributed by atoms with Crippen LogP contribution in [-0.2, 0) is 11.8 Å². The number of anilines is 2. The average molecular weight is 339 g/mol. The summed E-state index contributed by atoms with van der Waals surface area (Å²) in [5.41, 5.74) is 0.215. The van der Waals surface area contributed by atoms with Gasteiger partial charge in [0.1, 0.15) is 5.41 Å². The largest absolute Gasteiger partial charge is 0.401 e. The Labute approximate surface area is 136 Å². The minimum atomic E-state index is -4.49. The summed E-state index contributed by atoms with van der Waals surface area (Å²) in [5.74, 6) is -0.877. The van der Waals surface area contributed by atoms with Crippen LogP contribution in [-0.4, -0.2) is 23.8 Å². The zero-order valence-corrected chi connectivity index (χ0v) is 13.1. The third kappa shape index (κ3) is 2.83. The van der Waals surface area contributed by atoms with Crippen LogP contribution in [0.15, 0.2) is 28.8 Å². The van der Waals surface area contributed by atoms with Gasteiger partial charge in [-0.25, -0.2) is 0 Å². The van der Waals surface area contributed by atoms with Crippen LogP contribution in [0, 0.1) is 0 Å². The second-order valence-corrected chi connectivity index (χ2v) is 6.20. The molecule has 128 valence electrons. The zero-order chi connectivity index (χ0) is 17.5. The number of nitrogens with zero attached hydrogens (tertiary/aromatic N) is 1. The lowest BCUT2D eigenvalue weighted by atomic mass is 9.89. The molecule has 0 radical (unpaired) electrons. The summed E-state index contributed by atoms with van der Waals surface area (Å²) >= 11 is 0. The first-order valence-electron chi connectivity index (χ1n) is 7.40. The van der Waals surface area contributed by atoms with E-state index in [9.17, 15) is 18.0 Å². The number of hydrogen-bond donors (Lipinski definition) is 2. The van der Waals surface area contributed by atoms with Crippen molar-refractivity contribution in [1.29, 1.82) is 0 Å². The topological polar surface area (TPSA) is 67.2 Å². The fourth-order valence-electron chi connectivity index (χ4n) is 2.39. The number of benzene rings is 1. The molecule has 1 aliphatic heterocycles. The Morgan fingerprint density at radius 3 is 2.75 bits per heavy atom. The van der Waals surface area contributed by atoms with Crippen LogP contribution in [0.25, 0.3) is 0 Å². The van der Waals surface area contributed by atoms with Crippen LogP contribution in [0.1, 0.15) is 35.5 Å². The SMILES string of the molecule is CC(C)(c1cc(NC(=O)c2ccc3c(c2)NCC3)no1)C(F)(F)F. The summed E-state index contributed by atoms with van der Waals surface area (Å²) in [5, 5.41) is 9.13. The van der Waals surface area contributed by atoms with E-state index < -0.39 is 17.5 Å². The van der Waals surface area contributed by atoms with Crippen LogP contribution in [0.4, 0.5) is 24.7 Å². The van der Waals surface area contributed by atoms with Gasteiger partial charge in [-0.2, -0.15) is 13.2 Å². The van der Waals surface area contributed by atoms with Gasteiger partial charge >= 0.3 is 6.18 Å². The molecule has 8 heteroatoms. The number of aromatic nitrogens is 1. The Bertz CT molecular complexity index is 781. The van der Waals surface area contributed by atoms with E-state index in [4.69, 9.17) is 4.52 Å². The minimum absolute atomic E-state index is 0.0548. The predicted octanol–water partition coefficient (Wildman–Crippen LogP) is 3.73. The summed E-state index contributed by atoms with van der Waals surface area (Å²) in [6, 6.07) is 6.32. The van der Waals surface area contributed by atoms with E-state index in [1.165, 1.54) is 0 Å². The van der Waals surface area contributed by atoms with Crippen molar-refractivity contribution in [2.75, 3.05) is 17.2 Å². The number of carbonyl (C=O) groups excluding carboxylic acids is 1. The molecule has 5 nitrogen and oxygen atoms in total. The Morgan fingerprint density at radius 2 is 2.04 bits per heavy atom. The summed E-state index contributed by atoms with van der Waals surface area (Å²) in [4.78, 5) is 12.2. The molecular formula is C16H16F3N3O2. The predicted molar refractivity (Wildman–Crippen MR) is 82.2 cm³/mol. The van der Waals surface area contributed by atoms with Crippen molar-refractivity contribution < 1.29 is 22.5 Å². The van der Waals surface area contributed by atoms with Gasteiger partial charge in [-0.3, -0.25) is 4.79 Å². The number of rotatable bonds is 3. The van der Waals surface area contributed by atoms with E-state index in [2.05, 4.69) is 15.8 Å². The molecule has 0 saturated carbocycles. The van der Waals surface area contributed by atoms with Crippen LogP contribution < -0.4 is 10.6 Å². The number of hydrogen-bond acceptors (Lipinski definition) is 4. The van der Waals surface area contributed by atoms with Crippen molar-refractivity contribution in [3.8, 4) is 0 Å². The highest BCUT2D eigenvalue weighted by Crippen LogP contribution is 2.41. The number of fused-ring (bicyclic) bond motifs is 1. The molecule has 1 aromatic heterocycles. The highest BCUT2D eigenvalue weighted by molar-refractivity contribution is 6.04. The monoisotopic (exact) mass is 339 g/mol. The Morgan fingerprint density at radius 1 is 1.29 bits per heavy atom. The van der Waals surface area contributed by atoms with Gasteiger partial charge in [0.05, 0.1) is 0 Å². The lowest BCUT2D eigenvalue weighted by Gasteiger charge is -2.24. The second kappa shape index (κ2) is 5.54. The second-order valence-electron chi connectivity index (χ2n) is 6.20. The van der Waals surface area contributed by atoms with Crippen LogP contribution in [0.5, 0.6) is 0 Å². The van der Waals surface area contributed by atoms with Crippen molar-refractivity contribution in [3.05, 3.63) is 41.2 Å². The number of alkyl halides is 3. The van der Waals surface area contributed by atoms with E-state index in [1.54, 1.807) is 12.1 Å². The van der Waals surface area contributed by atoms with Gasteiger partial charge in [-0.1, -0.05) is 11.2 Å². The highest BCUT2D eigenvalue weighted by atomic mass is 19.4. The smallest absolute Gasteiger partial charge is 0.384 e. The first kappa shape index (κ1) is 16.4. The van der Waals surface area contributed by atoms with E-state index in [-0.39, 0.29) is 11.6 Å². The van der Waals surface area contributed by atoms with Gasteiger partial charge in [0.25, 0.3) is 5.91 Å². The maximum Gasteiger partial charge on any atom is 0.401 e. The van der Waals surface area contributed by atoms with Crippen molar-refractivity contribution in [1.82, 2.24) is 5.16 Å². The van der Waals surface area contributed by atoms with E-state index in [0.717, 1.165) is 44.1 Å². The van der Waals surface area contributed by atoms with Crippen LogP contribution in [0.2, 0.25) is 0 Å². The normalized spacial score (nSPS) is 14.2. The average Bonchev–Trinajstić information content (AvgIpc) is 3.13. The molecule has 2 N–H and O–H groups in total. The van der Waals surface area contributed by atoms with Crippen molar-refractivity contribution in [2.45, 2.75) is 31.9 Å². The Balaban J connectivity index is 1.76. The lowest BCUT2D eigenvalue weighted by Crippen LogP contribution is -2.35. The molecule has 2 aromatic rings. The zero-order valence-electron chi connectivity index (χ0n) is 13.1. The molecule has 0 spiro atoms. The van der Waals surface area contributed by atoms with E-state index >= 15 is 0 Å². The third-order valence-electron chi connectivity index (χ3n) is 4.16. The van der Waals surface area contributed by atoms with Gasteiger partial charge in [0.2, 0.25) is 0 Å². The van der Waals surface area contributed by atoms with Gasteiger partial charge in [-0.05, 0) is 38.0 Å². The molecule has 1 aromatic carbocycles. The lowest BCUT2D eigenvalue weighted by molar-refractivity contribution is -0.185. The van der Waals surface area contributed by atoms with Gasteiger partial charge in [0, 0.05) is 23.9 Å². The first-order chi connectivity index (χ1) is 11.2. The summed E-state index contributed by atoms with van der Waals surface area (Å²) in [6.45, 7) is 2.80. The molecule has 1 amide bonds. The fraction of sp³-hybridized carbons (Fsp3) is 0.375. The number of nitrogens with one attached hydrogen (secondary N) is 2. The fourth-order valence-corrected chi connectivity index (χ4v) is 2.39. The van der Waals surface area contributed by atoms with E-state index in [1.807, 2.05) is 6.07 Å². The molecule has 0 aliphatic carbocycles. The van der Waals surface area contributed by atoms with Gasteiger partial charge in [-0.15, -0.1) is 0 Å². The molecule has 24 heavy (non-hydrogen) atoms. The number of halogens is 3. The molecular weight excluding hydrogens is 323 g/mol. The summed E-state index contributed by atoms with van der Waals surface area (Å²) < 4.78 is 43.8. The van der Waals surface area contributed by atoms with Crippen LogP contribution >= 0.6 is 0 Å². The summed E-state index contributed by atoms with van der Waals surface area (Å²) in [7, 11) is 0. The standard InChI is InChI=1S/C16H16F3N3O2/c1-15(2,16(17,18)19)12-8-13(22-24-12)21-14(23)10-4-3-9-5-6-20-11(9)7-10/h3-4,7-8,20H,5-6H2,1-2H3,(H,21,22,23). The Hall–Kier alpha value is -2.51. The molecule has 0 atom stereocenters. The van der Waals surface area contributed by atoms with Gasteiger partial charge in [0.15, 0.2) is 11.6 Å². The molecule has 1 aliphatic rings. The molecule has 3 rings (SSSR count). The maximum atomic E-state index is 13.0. The number of carbonyl (C=O) groups is 1. The highest BCUT2D eigenvalue weighted by Gasteiger charge is 2.51. The van der Waals surface area contributed by atoms with Crippen molar-refractivity contribution in [2.24, 2.45) is 0 Å². The Kier molecular flexibility index (Phi) is 3.77.